The number of nitrogens with one attached hydrogen (secondary N) is 1. The Balaban J connectivity index is 1.67. The first kappa shape index (κ1) is 30.3. The summed E-state index contributed by atoms with van der Waals surface area (Å²) in [6.45, 7) is 9.69. The quantitative estimate of drug-likeness (QED) is 0.300. The van der Waals surface area contributed by atoms with Crippen molar-refractivity contribution in [2.45, 2.75) is 71.0 Å². The van der Waals surface area contributed by atoms with E-state index in [1.807, 2.05) is 31.2 Å². The van der Waals surface area contributed by atoms with Crippen LogP contribution >= 0.6 is 11.6 Å². The van der Waals surface area contributed by atoms with Crippen LogP contribution in [-0.4, -0.2) is 40.8 Å². The molecule has 1 fully saturated rings. The first-order valence-electron chi connectivity index (χ1n) is 14.4. The van der Waals surface area contributed by atoms with E-state index in [-0.39, 0.29) is 34.7 Å². The molecule has 4 unspecified atom stereocenters. The van der Waals surface area contributed by atoms with Crippen LogP contribution in [0.25, 0.3) is 0 Å². The molecular formula is C32H41ClN2O4S. The van der Waals surface area contributed by atoms with Crippen LogP contribution < -0.4 is 14.4 Å². The zero-order valence-corrected chi connectivity index (χ0v) is 25.5. The summed E-state index contributed by atoms with van der Waals surface area (Å²) < 4.78 is 21.3. The Morgan fingerprint density at radius 3 is 2.65 bits per heavy atom. The van der Waals surface area contributed by atoms with Crippen LogP contribution in [0.2, 0.25) is 5.02 Å². The van der Waals surface area contributed by atoms with Gasteiger partial charge in [0, 0.05) is 40.8 Å². The first-order valence-corrected chi connectivity index (χ1v) is 16.0. The van der Waals surface area contributed by atoms with Gasteiger partial charge in [0.15, 0.2) is 5.78 Å². The Hall–Kier alpha value is -2.64. The summed E-state index contributed by atoms with van der Waals surface area (Å²) in [5, 5.41) is 0.546. The van der Waals surface area contributed by atoms with E-state index in [0.29, 0.717) is 31.0 Å². The minimum Gasteiger partial charge on any atom is -0.491 e. The number of halogens is 1. The topological polar surface area (TPSA) is 75.7 Å². The normalized spacial score (nSPS) is 21.4. The minimum absolute atomic E-state index is 0.0139. The summed E-state index contributed by atoms with van der Waals surface area (Å²) in [5.41, 5.74) is 3.72. The summed E-state index contributed by atoms with van der Waals surface area (Å²) in [4.78, 5) is 28.1. The van der Waals surface area contributed by atoms with Crippen molar-refractivity contribution in [3.8, 4) is 5.75 Å². The molecule has 1 aliphatic carbocycles. The fourth-order valence-corrected chi connectivity index (χ4v) is 6.26. The van der Waals surface area contributed by atoms with Gasteiger partial charge < -0.3 is 9.64 Å². The number of benzene rings is 2. The lowest BCUT2D eigenvalue weighted by Crippen LogP contribution is -2.42. The molecule has 0 bridgehead atoms. The predicted molar refractivity (Wildman–Crippen MR) is 164 cm³/mol. The average Bonchev–Trinajstić information content (AvgIpc) is 3.09. The van der Waals surface area contributed by atoms with Gasteiger partial charge in [-0.25, -0.2) is 4.21 Å². The number of hydrogen-bond donors (Lipinski definition) is 1. The lowest BCUT2D eigenvalue weighted by Gasteiger charge is -2.40. The zero-order valence-electron chi connectivity index (χ0n) is 24.0. The molecule has 2 aromatic carbocycles. The molecule has 40 heavy (non-hydrogen) atoms. The molecule has 1 heterocycles. The lowest BCUT2D eigenvalue weighted by molar-refractivity contribution is -0.122. The number of carbonyl (C=O) groups excluding carboxylic acids is 2. The molecule has 216 valence electrons. The van der Waals surface area contributed by atoms with E-state index in [4.69, 9.17) is 16.3 Å². The van der Waals surface area contributed by atoms with Crippen molar-refractivity contribution in [3.05, 3.63) is 70.3 Å². The van der Waals surface area contributed by atoms with Crippen molar-refractivity contribution in [1.29, 1.82) is 0 Å². The van der Waals surface area contributed by atoms with Gasteiger partial charge in [-0.15, -0.1) is 0 Å². The Bertz CT molecular complexity index is 1280. The van der Waals surface area contributed by atoms with Crippen molar-refractivity contribution in [1.82, 2.24) is 4.72 Å². The minimum atomic E-state index is -1.47. The largest absolute Gasteiger partial charge is 0.491 e. The number of aryl methyl sites for hydroxylation is 1. The number of rotatable bonds is 11. The second kappa shape index (κ2) is 13.8. The lowest BCUT2D eigenvalue weighted by atomic mass is 9.71. The molecule has 0 radical (unpaired) electrons. The van der Waals surface area contributed by atoms with Crippen LogP contribution in [0.5, 0.6) is 5.75 Å². The monoisotopic (exact) mass is 584 g/mol. The number of hydrogen-bond acceptors (Lipinski definition) is 5. The van der Waals surface area contributed by atoms with Gasteiger partial charge in [0.1, 0.15) is 16.7 Å². The highest BCUT2D eigenvalue weighted by atomic mass is 35.5. The van der Waals surface area contributed by atoms with Gasteiger partial charge in [-0.2, -0.15) is 0 Å². The predicted octanol–water partition coefficient (Wildman–Crippen LogP) is 6.64. The maximum atomic E-state index is 13.0. The van der Waals surface area contributed by atoms with Crippen molar-refractivity contribution < 1.29 is 18.5 Å². The molecule has 2 aromatic rings. The number of nitrogens with zero attached hydrogens (tertiary/aromatic N) is 1. The fraction of sp³-hybridized carbons (Fsp3) is 0.500. The Morgan fingerprint density at radius 2 is 1.98 bits per heavy atom. The molecule has 0 saturated heterocycles. The number of allylic oxidation sites excluding steroid dienone is 2. The van der Waals surface area contributed by atoms with Crippen LogP contribution in [0, 0.1) is 11.8 Å². The van der Waals surface area contributed by atoms with E-state index in [1.54, 1.807) is 26.0 Å². The molecule has 0 spiro atoms. The van der Waals surface area contributed by atoms with Crippen molar-refractivity contribution in [3.63, 3.8) is 0 Å². The average molecular weight is 585 g/mol. The maximum Gasteiger partial charge on any atom is 0.263 e. The van der Waals surface area contributed by atoms with Gasteiger partial charge in [-0.05, 0) is 93.0 Å². The Labute approximate surface area is 246 Å². The number of anilines is 1. The van der Waals surface area contributed by atoms with Crippen molar-refractivity contribution >= 4 is 40.0 Å². The van der Waals surface area contributed by atoms with Crippen LogP contribution in [0.3, 0.4) is 0 Å². The van der Waals surface area contributed by atoms with Gasteiger partial charge in [-0.3, -0.25) is 14.3 Å². The van der Waals surface area contributed by atoms with E-state index >= 15 is 0 Å². The van der Waals surface area contributed by atoms with E-state index < -0.39 is 11.0 Å². The second-order valence-electron chi connectivity index (χ2n) is 11.1. The molecule has 0 aromatic heterocycles. The summed E-state index contributed by atoms with van der Waals surface area (Å²) in [5.74, 6) is 0.870. The van der Waals surface area contributed by atoms with Crippen LogP contribution in [0.4, 0.5) is 5.69 Å². The number of carbonyl (C=O) groups is 2. The third-order valence-corrected chi connectivity index (χ3v) is 9.36. The van der Waals surface area contributed by atoms with Crippen LogP contribution in [-0.2, 0) is 22.2 Å². The molecule has 6 nitrogen and oxygen atoms in total. The van der Waals surface area contributed by atoms with Crippen molar-refractivity contribution in [2.24, 2.45) is 11.8 Å². The second-order valence-corrected chi connectivity index (χ2v) is 13.3. The molecule has 4 atom stereocenters. The van der Waals surface area contributed by atoms with Crippen molar-refractivity contribution in [2.75, 3.05) is 24.6 Å². The standard InChI is InChI=1S/C32H41ClN2O4S/c1-5-7-9-30(36)28-13-10-24(28)18-35-19-25(27-14-12-26(33)16-22(27)8-6-2)20-39-31-15-11-23(17-29(31)35)32(37)34-40(38)21(3)4/h7,9,11-12,14-17,21,24-25,28H,5-6,8,10,13,18-20H2,1-4H3,(H,34,37)/b9-7+. The van der Waals surface area contributed by atoms with Crippen LogP contribution in [0.1, 0.15) is 80.8 Å². The maximum absolute atomic E-state index is 13.0. The smallest absolute Gasteiger partial charge is 0.263 e. The molecule has 8 heteroatoms. The van der Waals surface area contributed by atoms with Gasteiger partial charge in [0.2, 0.25) is 0 Å². The van der Waals surface area contributed by atoms with Gasteiger partial charge >= 0.3 is 0 Å². The number of ether oxygens (including phenoxy) is 1. The van der Waals surface area contributed by atoms with Gasteiger partial charge in [-0.1, -0.05) is 44.0 Å². The number of amides is 1. The van der Waals surface area contributed by atoms with E-state index in [2.05, 4.69) is 28.7 Å². The molecule has 4 rings (SSSR count). The summed E-state index contributed by atoms with van der Waals surface area (Å²) in [6.07, 6.45) is 8.35. The molecule has 1 N–H and O–H groups in total. The Kier molecular flexibility index (Phi) is 10.5. The summed E-state index contributed by atoms with van der Waals surface area (Å²) >= 11 is 6.37. The third-order valence-electron chi connectivity index (χ3n) is 7.88. The van der Waals surface area contributed by atoms with E-state index in [1.165, 1.54) is 11.1 Å². The summed E-state index contributed by atoms with van der Waals surface area (Å²) in [6, 6.07) is 11.5. The highest BCUT2D eigenvalue weighted by Gasteiger charge is 2.38. The van der Waals surface area contributed by atoms with E-state index in [0.717, 1.165) is 42.8 Å². The number of ketones is 1. The molecule has 1 aliphatic heterocycles. The number of fused-ring (bicyclic) bond motifs is 1. The highest BCUT2D eigenvalue weighted by molar-refractivity contribution is 7.84. The molecule has 1 amide bonds. The fourth-order valence-electron chi connectivity index (χ4n) is 5.53. The molecule has 1 saturated carbocycles. The van der Waals surface area contributed by atoms with Gasteiger partial charge in [0.05, 0.1) is 12.3 Å². The van der Waals surface area contributed by atoms with Crippen LogP contribution in [0.15, 0.2) is 48.6 Å². The third kappa shape index (κ3) is 7.16. The zero-order chi connectivity index (χ0) is 28.8. The molecular weight excluding hydrogens is 544 g/mol. The SMILES string of the molecule is CC/C=C/C(=O)C1CCC1CN1CC(c2ccc(Cl)cc2CCC)COc2ccc(C(=O)NS(=O)C(C)C)cc21. The first-order chi connectivity index (χ1) is 19.2. The van der Waals surface area contributed by atoms with Gasteiger partial charge in [0.25, 0.3) is 5.91 Å². The highest BCUT2D eigenvalue weighted by Crippen LogP contribution is 2.41. The molecule has 2 aliphatic rings. The summed E-state index contributed by atoms with van der Waals surface area (Å²) in [7, 11) is -1.47. The Morgan fingerprint density at radius 1 is 1.18 bits per heavy atom. The van der Waals surface area contributed by atoms with E-state index in [9.17, 15) is 13.8 Å².